The van der Waals surface area contributed by atoms with Crippen LogP contribution in [0.3, 0.4) is 0 Å². The van der Waals surface area contributed by atoms with E-state index in [0.29, 0.717) is 46.0 Å². The highest BCUT2D eigenvalue weighted by atomic mass is 35.5. The number of para-hydroxylation sites is 1. The topological polar surface area (TPSA) is 75.3 Å². The number of benzene rings is 3. The minimum Gasteiger partial charge on any atom is -0.497 e. The molecular weight excluding hydrogens is 426 g/mol. The third-order valence-electron chi connectivity index (χ3n) is 5.21. The Labute approximate surface area is 190 Å². The molecule has 6 nitrogen and oxygen atoms in total. The number of fused-ring (bicyclic) bond motifs is 1. The van der Waals surface area contributed by atoms with Gasteiger partial charge in [-0.3, -0.25) is 9.59 Å². The van der Waals surface area contributed by atoms with E-state index < -0.39 is 0 Å². The number of methoxy groups -OCH3 is 1. The maximum atomic E-state index is 13.3. The zero-order chi connectivity index (χ0) is 22.5. The molecule has 1 aromatic heterocycles. The summed E-state index contributed by atoms with van der Waals surface area (Å²) in [5.74, 6) is 0.957. The van der Waals surface area contributed by atoms with Gasteiger partial charge in [-0.25, -0.2) is 4.98 Å². The lowest BCUT2D eigenvalue weighted by molar-refractivity contribution is 0.0741. The van der Waals surface area contributed by atoms with Gasteiger partial charge in [0.25, 0.3) is 11.5 Å². The van der Waals surface area contributed by atoms with E-state index in [4.69, 9.17) is 16.3 Å². The van der Waals surface area contributed by atoms with Crippen LogP contribution in [0.4, 0.5) is 0 Å². The van der Waals surface area contributed by atoms with Crippen LogP contribution in [0.2, 0.25) is 5.02 Å². The fourth-order valence-corrected chi connectivity index (χ4v) is 3.60. The Bertz CT molecular complexity index is 1280. The van der Waals surface area contributed by atoms with Gasteiger partial charge >= 0.3 is 0 Å². The van der Waals surface area contributed by atoms with E-state index in [-0.39, 0.29) is 18.0 Å². The lowest BCUT2D eigenvalue weighted by atomic mass is 10.1. The van der Waals surface area contributed by atoms with Crippen LogP contribution in [0.15, 0.2) is 77.6 Å². The highest BCUT2D eigenvalue weighted by molar-refractivity contribution is 6.30. The number of aromatic nitrogens is 2. The maximum Gasteiger partial charge on any atom is 0.258 e. The van der Waals surface area contributed by atoms with E-state index in [0.717, 1.165) is 5.56 Å². The molecule has 0 aliphatic rings. The van der Waals surface area contributed by atoms with Crippen molar-refractivity contribution in [1.82, 2.24) is 14.9 Å². The number of hydrogen-bond acceptors (Lipinski definition) is 4. The molecule has 0 aliphatic heterocycles. The van der Waals surface area contributed by atoms with Crippen LogP contribution < -0.4 is 10.3 Å². The molecule has 1 amide bonds. The number of H-pyrrole nitrogens is 1. The Balaban J connectivity index is 1.62. The normalized spacial score (nSPS) is 10.8. The summed E-state index contributed by atoms with van der Waals surface area (Å²) in [6, 6.07) is 21.6. The van der Waals surface area contributed by atoms with Crippen molar-refractivity contribution in [3.63, 3.8) is 0 Å². The molecule has 0 fully saturated rings. The van der Waals surface area contributed by atoms with Gasteiger partial charge in [-0.05, 0) is 60.5 Å². The van der Waals surface area contributed by atoms with Crippen LogP contribution in [-0.4, -0.2) is 34.4 Å². The number of carbonyl (C=O) groups is 1. The monoisotopic (exact) mass is 447 g/mol. The number of amides is 1. The Morgan fingerprint density at radius 1 is 1.03 bits per heavy atom. The third kappa shape index (κ3) is 4.98. The van der Waals surface area contributed by atoms with Gasteiger partial charge in [0.05, 0.1) is 24.6 Å². The first-order valence-corrected chi connectivity index (χ1v) is 10.6. The molecule has 1 heterocycles. The minimum absolute atomic E-state index is 0.155. The van der Waals surface area contributed by atoms with Crippen molar-refractivity contribution in [1.29, 1.82) is 0 Å². The van der Waals surface area contributed by atoms with Crippen LogP contribution in [0.5, 0.6) is 5.75 Å². The average Bonchev–Trinajstić information content (AvgIpc) is 2.82. The summed E-state index contributed by atoms with van der Waals surface area (Å²) in [5.41, 5.74) is 1.97. The van der Waals surface area contributed by atoms with Crippen molar-refractivity contribution in [2.45, 2.75) is 13.0 Å². The molecule has 0 unspecified atom stereocenters. The van der Waals surface area contributed by atoms with Crippen LogP contribution in [0, 0.1) is 0 Å². The third-order valence-corrected chi connectivity index (χ3v) is 5.46. The van der Waals surface area contributed by atoms with Crippen molar-refractivity contribution < 1.29 is 9.53 Å². The van der Waals surface area contributed by atoms with Crippen LogP contribution >= 0.6 is 11.6 Å². The summed E-state index contributed by atoms with van der Waals surface area (Å²) < 4.78 is 5.19. The minimum atomic E-state index is -0.222. The number of carbonyl (C=O) groups excluding carboxylic acids is 1. The lowest BCUT2D eigenvalue weighted by Gasteiger charge is -2.23. The average molecular weight is 448 g/mol. The van der Waals surface area contributed by atoms with Gasteiger partial charge in [-0.15, -0.1) is 0 Å². The molecule has 0 radical (unpaired) electrons. The molecule has 32 heavy (non-hydrogen) atoms. The van der Waals surface area contributed by atoms with Crippen molar-refractivity contribution in [2.24, 2.45) is 0 Å². The molecular formula is C25H22ClN3O3. The molecule has 0 bridgehead atoms. The molecule has 0 aliphatic carbocycles. The van der Waals surface area contributed by atoms with Crippen LogP contribution in [0.1, 0.15) is 21.7 Å². The van der Waals surface area contributed by atoms with E-state index in [9.17, 15) is 9.59 Å². The summed E-state index contributed by atoms with van der Waals surface area (Å²) in [6.07, 6.45) is 0.636. The summed E-state index contributed by atoms with van der Waals surface area (Å²) in [7, 11) is 1.58. The first-order chi connectivity index (χ1) is 15.5. The van der Waals surface area contributed by atoms with E-state index in [1.165, 1.54) is 0 Å². The number of rotatable bonds is 7. The summed E-state index contributed by atoms with van der Waals surface area (Å²) in [4.78, 5) is 34.9. The lowest BCUT2D eigenvalue weighted by Crippen LogP contribution is -2.34. The smallest absolute Gasteiger partial charge is 0.258 e. The zero-order valence-corrected chi connectivity index (χ0v) is 18.3. The van der Waals surface area contributed by atoms with Crippen molar-refractivity contribution >= 4 is 28.4 Å². The Hall–Kier alpha value is -3.64. The maximum absolute atomic E-state index is 13.3. The molecule has 1 N–H and O–H groups in total. The fraction of sp³-hybridized carbons (Fsp3) is 0.160. The molecule has 0 atom stereocenters. The number of halogens is 1. The Kier molecular flexibility index (Phi) is 6.52. The number of aromatic amines is 1. The molecule has 0 saturated carbocycles. The molecule has 162 valence electrons. The van der Waals surface area contributed by atoms with E-state index >= 15 is 0 Å². The highest BCUT2D eigenvalue weighted by Gasteiger charge is 2.18. The van der Waals surface area contributed by atoms with Gasteiger partial charge in [0.1, 0.15) is 11.6 Å². The first kappa shape index (κ1) is 21.6. The summed E-state index contributed by atoms with van der Waals surface area (Å²) in [5, 5.41) is 1.18. The van der Waals surface area contributed by atoms with Crippen molar-refractivity contribution in [3.05, 3.63) is 105 Å². The van der Waals surface area contributed by atoms with Crippen LogP contribution in [-0.2, 0) is 13.0 Å². The van der Waals surface area contributed by atoms with Gasteiger partial charge in [-0.2, -0.15) is 0 Å². The zero-order valence-electron chi connectivity index (χ0n) is 17.5. The van der Waals surface area contributed by atoms with Gasteiger partial charge in [0.2, 0.25) is 0 Å². The number of nitrogens with zero attached hydrogens (tertiary/aromatic N) is 2. The Morgan fingerprint density at radius 2 is 1.75 bits per heavy atom. The predicted octanol–water partition coefficient (Wildman–Crippen LogP) is 4.47. The molecule has 4 aromatic rings. The SMILES string of the molecule is COc1ccc(C(=O)N(CCc2ccc(Cl)cc2)Cc2nc3ccccc3c(=O)[nH]2)cc1. The fourth-order valence-electron chi connectivity index (χ4n) is 3.47. The number of nitrogens with one attached hydrogen (secondary N) is 1. The standard InChI is InChI=1S/C25H22ClN3O3/c1-32-20-12-8-18(9-13-20)25(31)29(15-14-17-6-10-19(26)11-7-17)16-23-27-22-5-3-2-4-21(22)24(30)28-23/h2-13H,14-16H2,1H3,(H,27,28,30). The number of hydrogen-bond donors (Lipinski definition) is 1. The van der Waals surface area contributed by atoms with E-state index in [1.807, 2.05) is 30.3 Å². The highest BCUT2D eigenvalue weighted by Crippen LogP contribution is 2.16. The van der Waals surface area contributed by atoms with Gasteiger partial charge < -0.3 is 14.6 Å². The second-order valence-electron chi connectivity index (χ2n) is 7.36. The van der Waals surface area contributed by atoms with Crippen molar-refractivity contribution in [3.8, 4) is 5.75 Å². The van der Waals surface area contributed by atoms with Gasteiger partial charge in [-0.1, -0.05) is 35.9 Å². The van der Waals surface area contributed by atoms with E-state index in [2.05, 4.69) is 9.97 Å². The largest absolute Gasteiger partial charge is 0.497 e. The quantitative estimate of drug-likeness (QED) is 0.453. The van der Waals surface area contributed by atoms with Crippen molar-refractivity contribution in [2.75, 3.05) is 13.7 Å². The molecule has 7 heteroatoms. The summed E-state index contributed by atoms with van der Waals surface area (Å²) in [6.45, 7) is 0.627. The van der Waals surface area contributed by atoms with E-state index in [1.54, 1.807) is 54.5 Å². The predicted molar refractivity (Wildman–Crippen MR) is 125 cm³/mol. The second kappa shape index (κ2) is 9.66. The molecule has 4 rings (SSSR count). The first-order valence-electron chi connectivity index (χ1n) is 10.2. The molecule has 0 spiro atoms. The van der Waals surface area contributed by atoms with Gasteiger partial charge in [0.15, 0.2) is 0 Å². The summed E-state index contributed by atoms with van der Waals surface area (Å²) >= 11 is 5.98. The Morgan fingerprint density at radius 3 is 2.47 bits per heavy atom. The van der Waals surface area contributed by atoms with Crippen LogP contribution in [0.25, 0.3) is 10.9 Å². The molecule has 3 aromatic carbocycles. The number of ether oxygens (including phenoxy) is 1. The van der Waals surface area contributed by atoms with Gasteiger partial charge in [0, 0.05) is 17.1 Å². The molecule has 0 saturated heterocycles. The second-order valence-corrected chi connectivity index (χ2v) is 7.80.